The monoisotopic (exact) mass is 517 g/mol. The first kappa shape index (κ1) is 30.6. The summed E-state index contributed by atoms with van der Waals surface area (Å²) >= 11 is -0.826. The SMILES string of the molecule is CCCc1c[cH-]c(C(C)C)c1.CCCc1c[cH-]c(C(C)C)c1.C[SiH]C.[Cl][Zr+2][Cl]. The Morgan fingerprint density at radius 3 is 1.29 bits per heavy atom. The van der Waals surface area contributed by atoms with Crippen molar-refractivity contribution in [3.05, 3.63) is 58.7 Å². The third-order valence-electron chi connectivity index (χ3n) is 4.09. The number of aryl methyl sites for hydroxylation is 2. The average Bonchev–Trinajstić information content (AvgIpc) is 3.27. The van der Waals surface area contributed by atoms with Gasteiger partial charge in [-0.1, -0.05) is 80.3 Å². The van der Waals surface area contributed by atoms with Gasteiger partial charge >= 0.3 is 37.9 Å². The van der Waals surface area contributed by atoms with E-state index < -0.39 is 20.8 Å². The van der Waals surface area contributed by atoms with E-state index in [-0.39, 0.29) is 0 Å². The van der Waals surface area contributed by atoms with E-state index in [2.05, 4.69) is 91.0 Å². The van der Waals surface area contributed by atoms with Crippen LogP contribution < -0.4 is 0 Å². The first-order valence-corrected chi connectivity index (χ1v) is 19.2. The van der Waals surface area contributed by atoms with Crippen LogP contribution in [0.5, 0.6) is 0 Å². The van der Waals surface area contributed by atoms with Gasteiger partial charge in [-0.3, -0.25) is 0 Å². The molecule has 0 bridgehead atoms. The van der Waals surface area contributed by atoms with Gasteiger partial charge in [-0.2, -0.15) is 46.5 Å². The summed E-state index contributed by atoms with van der Waals surface area (Å²) in [6, 6.07) is 13.6. The molecule has 1 radical (unpaired) electrons. The third kappa shape index (κ3) is 16.2. The Morgan fingerprint density at radius 1 is 0.821 bits per heavy atom. The van der Waals surface area contributed by atoms with E-state index in [4.69, 9.17) is 17.0 Å². The summed E-state index contributed by atoms with van der Waals surface area (Å²) in [4.78, 5) is 0. The van der Waals surface area contributed by atoms with Crippen LogP contribution in [0.4, 0.5) is 0 Å². The van der Waals surface area contributed by atoms with E-state index in [1.54, 1.807) is 0 Å². The van der Waals surface area contributed by atoms with Crippen LogP contribution in [0.15, 0.2) is 36.4 Å². The molecule has 0 aliphatic heterocycles. The van der Waals surface area contributed by atoms with Crippen molar-refractivity contribution in [3.8, 4) is 0 Å². The Bertz CT molecular complexity index is 508. The van der Waals surface area contributed by atoms with Gasteiger partial charge in [0.05, 0.1) is 0 Å². The molecule has 0 aromatic heterocycles. The van der Waals surface area contributed by atoms with Crippen LogP contribution in [0.3, 0.4) is 0 Å². The Labute approximate surface area is 197 Å². The molecule has 28 heavy (non-hydrogen) atoms. The second-order valence-electron chi connectivity index (χ2n) is 7.56. The quantitative estimate of drug-likeness (QED) is 0.264. The van der Waals surface area contributed by atoms with Crippen LogP contribution in [-0.2, 0) is 33.7 Å². The van der Waals surface area contributed by atoms with Gasteiger partial charge in [0.15, 0.2) is 0 Å². The predicted octanol–water partition coefficient (Wildman–Crippen LogP) is 8.86. The van der Waals surface area contributed by atoms with Crippen LogP contribution in [0, 0.1) is 0 Å². The number of hydrogen-bond acceptors (Lipinski definition) is 0. The maximum atomic E-state index is 4.93. The molecule has 0 aliphatic carbocycles. The van der Waals surface area contributed by atoms with Crippen LogP contribution in [-0.4, -0.2) is 9.52 Å². The van der Waals surface area contributed by atoms with Crippen LogP contribution in [0.25, 0.3) is 0 Å². The topological polar surface area (TPSA) is 0 Å². The van der Waals surface area contributed by atoms with E-state index in [1.165, 1.54) is 47.9 Å². The molecule has 2 rings (SSSR count). The second kappa shape index (κ2) is 20.6. The number of halogens is 2. The van der Waals surface area contributed by atoms with Crippen molar-refractivity contribution in [1.82, 2.24) is 0 Å². The molecule has 159 valence electrons. The third-order valence-corrected chi connectivity index (χ3v) is 4.09. The molecule has 0 heterocycles. The minimum absolute atomic E-state index is 0.681. The Morgan fingerprint density at radius 2 is 1.11 bits per heavy atom. The van der Waals surface area contributed by atoms with Gasteiger partial charge < -0.3 is 0 Å². The van der Waals surface area contributed by atoms with Crippen molar-refractivity contribution in [2.75, 3.05) is 0 Å². The molecular formula is C24H41Cl2SiZr. The van der Waals surface area contributed by atoms with Gasteiger partial charge in [-0.15, -0.1) is 0 Å². The number of rotatable bonds is 6. The molecule has 0 aliphatic rings. The molecule has 0 saturated carbocycles. The van der Waals surface area contributed by atoms with Crippen LogP contribution in [0.1, 0.15) is 88.5 Å². The summed E-state index contributed by atoms with van der Waals surface area (Å²) in [6.07, 6.45) is 4.96. The molecule has 0 fully saturated rings. The predicted molar refractivity (Wildman–Crippen MR) is 131 cm³/mol. The van der Waals surface area contributed by atoms with Gasteiger partial charge in [-0.25, -0.2) is 12.1 Å². The van der Waals surface area contributed by atoms with E-state index in [0.717, 1.165) is 9.52 Å². The molecule has 0 amide bonds. The van der Waals surface area contributed by atoms with Crippen molar-refractivity contribution in [2.24, 2.45) is 0 Å². The summed E-state index contributed by atoms with van der Waals surface area (Å²) < 4.78 is 0. The Kier molecular flexibility index (Phi) is 22.5. The zero-order valence-electron chi connectivity index (χ0n) is 19.3. The zero-order chi connectivity index (χ0) is 21.9. The summed E-state index contributed by atoms with van der Waals surface area (Å²) in [7, 11) is 10.6. The Hall–Kier alpha value is 0.380. The summed E-state index contributed by atoms with van der Waals surface area (Å²) in [5.74, 6) is 1.36. The molecule has 0 saturated heterocycles. The molecule has 2 aromatic rings. The van der Waals surface area contributed by atoms with Crippen molar-refractivity contribution < 1.29 is 20.8 Å². The van der Waals surface area contributed by atoms with Gasteiger partial charge in [0.25, 0.3) is 0 Å². The first-order chi connectivity index (χ1) is 13.3. The molecule has 0 nitrogen and oxygen atoms in total. The maximum absolute atomic E-state index is 4.93. The molecule has 0 unspecified atom stereocenters. The van der Waals surface area contributed by atoms with Gasteiger partial charge in [0, 0.05) is 9.52 Å². The van der Waals surface area contributed by atoms with Crippen molar-refractivity contribution in [2.45, 2.75) is 92.2 Å². The van der Waals surface area contributed by atoms with Crippen molar-refractivity contribution in [1.29, 1.82) is 0 Å². The fraction of sp³-hybridized carbons (Fsp3) is 0.583. The van der Waals surface area contributed by atoms with Crippen molar-refractivity contribution in [3.63, 3.8) is 0 Å². The van der Waals surface area contributed by atoms with Crippen LogP contribution in [0.2, 0.25) is 13.1 Å². The van der Waals surface area contributed by atoms with E-state index >= 15 is 0 Å². The molecule has 0 N–H and O–H groups in total. The van der Waals surface area contributed by atoms with Crippen molar-refractivity contribution >= 4 is 26.5 Å². The summed E-state index contributed by atoms with van der Waals surface area (Å²) in [5.41, 5.74) is 5.95. The van der Waals surface area contributed by atoms with E-state index in [9.17, 15) is 0 Å². The fourth-order valence-corrected chi connectivity index (χ4v) is 2.63. The fourth-order valence-electron chi connectivity index (χ4n) is 2.63. The molecule has 0 spiro atoms. The van der Waals surface area contributed by atoms with Gasteiger partial charge in [0.2, 0.25) is 0 Å². The summed E-state index contributed by atoms with van der Waals surface area (Å²) in [6.45, 7) is 17.8. The zero-order valence-corrected chi connectivity index (χ0v) is 24.4. The molecular weight excluding hydrogens is 478 g/mol. The van der Waals surface area contributed by atoms with Gasteiger partial charge in [0.1, 0.15) is 0 Å². The van der Waals surface area contributed by atoms with E-state index in [0.29, 0.717) is 11.8 Å². The number of hydrogen-bond donors (Lipinski definition) is 0. The van der Waals surface area contributed by atoms with Crippen LogP contribution >= 0.6 is 17.0 Å². The van der Waals surface area contributed by atoms with E-state index in [1.807, 2.05) is 0 Å². The second-order valence-corrected chi connectivity index (χ2v) is 12.4. The average molecular weight is 520 g/mol. The molecule has 2 aromatic carbocycles. The van der Waals surface area contributed by atoms with Gasteiger partial charge in [-0.05, 0) is 11.8 Å². The summed E-state index contributed by atoms with van der Waals surface area (Å²) in [5, 5.41) is 0. The minimum atomic E-state index is -0.826. The first-order valence-electron chi connectivity index (χ1n) is 10.5. The molecule has 4 heteroatoms. The Balaban J connectivity index is 0. The normalized spacial score (nSPS) is 9.57. The standard InChI is InChI=1S/2C11H17.C2H7Si.2ClH.Zr/c2*1-4-5-10-6-7-11(8-10)9(2)3;1-3-2;;;/h2*6-9H,4-5H2,1-3H3;3H,1-2H3;2*1H;/q2*-1;;;;+4/p-2. The molecule has 0 atom stereocenters.